The highest BCUT2D eigenvalue weighted by Gasteiger charge is 2.26. The average molecular weight is 509 g/mol. The summed E-state index contributed by atoms with van der Waals surface area (Å²) in [5.74, 6) is 1.41. The first-order chi connectivity index (χ1) is 17.3. The smallest absolute Gasteiger partial charge is 0.276 e. The Kier molecular flexibility index (Phi) is 7.41. The second-order valence-electron chi connectivity index (χ2n) is 8.26. The lowest BCUT2D eigenvalue weighted by Gasteiger charge is -2.21. The maximum Gasteiger partial charge on any atom is 0.276 e. The molecule has 186 valence electrons. The molecule has 0 radical (unpaired) electrons. The van der Waals surface area contributed by atoms with Crippen LogP contribution in [-0.2, 0) is 13.1 Å². The minimum absolute atomic E-state index is 0.104. The molecule has 3 heterocycles. The fourth-order valence-corrected chi connectivity index (χ4v) is 4.02. The van der Waals surface area contributed by atoms with Gasteiger partial charge in [0, 0.05) is 26.2 Å². The summed E-state index contributed by atoms with van der Waals surface area (Å²) in [6.07, 6.45) is 1.72. The first kappa shape index (κ1) is 25.0. The van der Waals surface area contributed by atoms with Gasteiger partial charge in [-0.15, -0.1) is 10.2 Å². The Bertz CT molecular complexity index is 1370. The van der Waals surface area contributed by atoms with Crippen LogP contribution >= 0.6 is 11.6 Å². The number of ether oxygens (including phenoxy) is 1. The van der Waals surface area contributed by atoms with Crippen molar-refractivity contribution in [2.45, 2.75) is 13.1 Å². The van der Waals surface area contributed by atoms with E-state index in [1.54, 1.807) is 25.6 Å². The van der Waals surface area contributed by atoms with Gasteiger partial charge in [0.25, 0.3) is 11.7 Å². The van der Waals surface area contributed by atoms with Gasteiger partial charge >= 0.3 is 0 Å². The third kappa shape index (κ3) is 5.42. The minimum atomic E-state index is -0.399. The number of benzene rings is 1. The van der Waals surface area contributed by atoms with Crippen LogP contribution < -0.4 is 21.1 Å². The van der Waals surface area contributed by atoms with Gasteiger partial charge in [-0.2, -0.15) is 0 Å². The zero-order valence-corrected chi connectivity index (χ0v) is 21.2. The van der Waals surface area contributed by atoms with Crippen molar-refractivity contribution in [3.63, 3.8) is 0 Å². The number of hydrogen-bond acceptors (Lipinski definition) is 9. The number of aliphatic imine (C=N–C) groups is 1. The predicted octanol–water partition coefficient (Wildman–Crippen LogP) is 2.28. The van der Waals surface area contributed by atoms with Crippen molar-refractivity contribution >= 4 is 46.9 Å². The summed E-state index contributed by atoms with van der Waals surface area (Å²) in [5, 5.41) is 13.8. The van der Waals surface area contributed by atoms with Crippen molar-refractivity contribution in [1.82, 2.24) is 25.4 Å². The van der Waals surface area contributed by atoms with Crippen LogP contribution in [0, 0.1) is 0 Å². The van der Waals surface area contributed by atoms with E-state index < -0.39 is 5.91 Å². The number of carbonyl (C=O) groups excluding carboxylic acids is 1. The zero-order valence-electron chi connectivity index (χ0n) is 20.4. The number of rotatable bonds is 9. The van der Waals surface area contributed by atoms with Gasteiger partial charge in [-0.05, 0) is 36.9 Å². The van der Waals surface area contributed by atoms with Gasteiger partial charge < -0.3 is 21.1 Å². The van der Waals surface area contributed by atoms with E-state index in [0.717, 1.165) is 22.7 Å². The highest BCUT2D eigenvalue weighted by Crippen LogP contribution is 2.35. The summed E-state index contributed by atoms with van der Waals surface area (Å²) in [4.78, 5) is 23.3. The van der Waals surface area contributed by atoms with Gasteiger partial charge in [0.1, 0.15) is 5.82 Å². The lowest BCUT2D eigenvalue weighted by molar-refractivity contribution is -0.372. The molecular weight excluding hydrogens is 482 g/mol. The third-order valence-corrected chi connectivity index (χ3v) is 5.65. The molecule has 36 heavy (non-hydrogen) atoms. The Morgan fingerprint density at radius 2 is 2.00 bits per heavy atom. The Labute approximate surface area is 213 Å². The van der Waals surface area contributed by atoms with Gasteiger partial charge in [0.05, 0.1) is 36.8 Å². The molecule has 12 heteroatoms. The Hall–Kier alpha value is -4.09. The number of nitrogens with two attached hydrogens (primary N) is 1. The van der Waals surface area contributed by atoms with E-state index in [4.69, 9.17) is 22.1 Å². The van der Waals surface area contributed by atoms with Crippen LogP contribution in [0.2, 0.25) is 5.15 Å². The van der Waals surface area contributed by atoms with Crippen molar-refractivity contribution in [1.29, 1.82) is 0 Å². The number of carbonyl (C=O) groups is 1. The fourth-order valence-electron chi connectivity index (χ4n) is 3.87. The molecule has 3 aromatic rings. The van der Waals surface area contributed by atoms with Gasteiger partial charge in [0.2, 0.25) is 6.34 Å². The standard InChI is InChI=1S/C24H26ClN9O2/c1-27-24(35)21-17(10-19(25)31-32-21)30-18-9-14(8-16(22(18)36-4)23-28-13-34(23)3)11-33(2)12-15-6-5-7-20(26)29-15/h5-10,13H,11-12H2,1-4H3,(H3-,26,27,29,30,31,35)/p+1. The van der Waals surface area contributed by atoms with Crippen LogP contribution in [0.25, 0.3) is 0 Å². The van der Waals surface area contributed by atoms with Crippen LogP contribution in [0.4, 0.5) is 17.2 Å². The quantitative estimate of drug-likeness (QED) is 0.375. The summed E-state index contributed by atoms with van der Waals surface area (Å²) in [6, 6.07) is 11.1. The molecule has 11 nitrogen and oxygen atoms in total. The second kappa shape index (κ2) is 10.7. The molecule has 0 saturated heterocycles. The van der Waals surface area contributed by atoms with Crippen molar-refractivity contribution < 1.29 is 14.1 Å². The molecule has 0 saturated carbocycles. The molecule has 0 fully saturated rings. The number of hydrogen-bond donors (Lipinski definition) is 3. The molecule has 1 aliphatic heterocycles. The summed E-state index contributed by atoms with van der Waals surface area (Å²) < 4.78 is 7.70. The van der Waals surface area contributed by atoms with E-state index in [9.17, 15) is 4.79 Å². The highest BCUT2D eigenvalue weighted by atomic mass is 35.5. The molecule has 0 aliphatic carbocycles. The van der Waals surface area contributed by atoms with Crippen LogP contribution in [-0.4, -0.2) is 71.0 Å². The Morgan fingerprint density at radius 1 is 1.19 bits per heavy atom. The molecule has 1 aliphatic rings. The van der Waals surface area contributed by atoms with Crippen LogP contribution in [0.5, 0.6) is 5.75 Å². The van der Waals surface area contributed by atoms with Crippen LogP contribution in [0.1, 0.15) is 27.3 Å². The first-order valence-corrected chi connectivity index (χ1v) is 11.4. The van der Waals surface area contributed by atoms with Crippen LogP contribution in [0.15, 0.2) is 41.4 Å². The number of halogens is 1. The number of amides is 1. The van der Waals surface area contributed by atoms with Crippen molar-refractivity contribution in [2.24, 2.45) is 4.99 Å². The molecule has 4 N–H and O–H groups in total. The lowest BCUT2D eigenvalue weighted by atomic mass is 10.0. The number of anilines is 3. The zero-order chi connectivity index (χ0) is 25.8. The largest absolute Gasteiger partial charge is 0.494 e. The van der Waals surface area contributed by atoms with E-state index in [1.165, 1.54) is 7.05 Å². The first-order valence-electron chi connectivity index (χ1n) is 11.1. The molecule has 0 unspecified atom stereocenters. The number of pyridine rings is 1. The number of nitrogens with one attached hydrogen (secondary N) is 2. The Morgan fingerprint density at radius 3 is 2.64 bits per heavy atom. The van der Waals surface area contributed by atoms with E-state index in [0.29, 0.717) is 36.0 Å². The molecule has 1 aromatic carbocycles. The number of nitrogen functional groups attached to an aromatic ring is 1. The van der Waals surface area contributed by atoms with Gasteiger partial charge in [-0.3, -0.25) is 9.69 Å². The SMILES string of the molecule is CNC(=O)c1nnc(Cl)cc1Nc1cc(CN(C)Cc2cccc(N)n2)cc(C2=[N+](C)C=N2)c1OC. The van der Waals surface area contributed by atoms with E-state index in [2.05, 4.69) is 35.7 Å². The lowest BCUT2D eigenvalue weighted by Crippen LogP contribution is -2.26. The number of methoxy groups -OCH3 is 1. The predicted molar refractivity (Wildman–Crippen MR) is 139 cm³/mol. The summed E-state index contributed by atoms with van der Waals surface area (Å²) in [6.45, 7) is 1.20. The normalized spacial score (nSPS) is 12.5. The van der Waals surface area contributed by atoms with Crippen molar-refractivity contribution in [3.8, 4) is 5.75 Å². The van der Waals surface area contributed by atoms with Gasteiger partial charge in [-0.25, -0.2) is 9.56 Å². The van der Waals surface area contributed by atoms with E-state index >= 15 is 0 Å². The molecule has 0 bridgehead atoms. The maximum absolute atomic E-state index is 12.4. The van der Waals surface area contributed by atoms with E-state index in [1.807, 2.05) is 42.9 Å². The molecule has 0 atom stereocenters. The summed E-state index contributed by atoms with van der Waals surface area (Å²) >= 11 is 6.10. The van der Waals surface area contributed by atoms with Gasteiger partial charge in [-0.1, -0.05) is 22.7 Å². The fraction of sp³-hybridized carbons (Fsp3) is 0.250. The number of amidine groups is 1. The molecule has 1 amide bonds. The van der Waals surface area contributed by atoms with Crippen molar-refractivity contribution in [2.75, 3.05) is 39.3 Å². The van der Waals surface area contributed by atoms with E-state index in [-0.39, 0.29) is 10.8 Å². The molecular formula is C24H27ClN9O2+. The summed E-state index contributed by atoms with van der Waals surface area (Å²) in [5.41, 5.74) is 9.61. The van der Waals surface area contributed by atoms with Crippen molar-refractivity contribution in [3.05, 3.63) is 64.1 Å². The number of nitrogens with zero attached hydrogens (tertiary/aromatic N) is 6. The molecule has 2 aromatic heterocycles. The average Bonchev–Trinajstić information content (AvgIpc) is 2.82. The molecule has 0 spiro atoms. The molecule has 4 rings (SSSR count). The maximum atomic E-state index is 12.4. The topological polar surface area (TPSA) is 134 Å². The highest BCUT2D eigenvalue weighted by molar-refractivity contribution is 6.29. The monoisotopic (exact) mass is 508 g/mol. The number of aromatic nitrogens is 3. The summed E-state index contributed by atoms with van der Waals surface area (Å²) in [7, 11) is 7.02. The van der Waals surface area contributed by atoms with Gasteiger partial charge in [0.15, 0.2) is 16.6 Å². The second-order valence-corrected chi connectivity index (χ2v) is 8.65. The minimum Gasteiger partial charge on any atom is -0.494 e. The third-order valence-electron chi connectivity index (χ3n) is 5.47. The Balaban J connectivity index is 1.73. The van der Waals surface area contributed by atoms with Crippen LogP contribution in [0.3, 0.4) is 0 Å².